The van der Waals surface area contributed by atoms with Crippen molar-refractivity contribution in [2.45, 2.75) is 138 Å². The van der Waals surface area contributed by atoms with E-state index >= 15 is 14.0 Å². The molecule has 1 unspecified atom stereocenters. The quantitative estimate of drug-likeness (QED) is 0.0910. The van der Waals surface area contributed by atoms with Crippen molar-refractivity contribution in [3.8, 4) is 5.75 Å². The van der Waals surface area contributed by atoms with E-state index in [-0.39, 0.29) is 58.0 Å². The summed E-state index contributed by atoms with van der Waals surface area (Å²) in [4.78, 5) is 111. The number of benzene rings is 3. The van der Waals surface area contributed by atoms with Crippen LogP contribution in [0.5, 0.6) is 5.75 Å². The van der Waals surface area contributed by atoms with E-state index in [1.165, 1.54) is 24.3 Å². The van der Waals surface area contributed by atoms with Crippen LogP contribution in [0.1, 0.15) is 141 Å². The number of ether oxygens (including phenoxy) is 1. The predicted octanol–water partition coefficient (Wildman–Crippen LogP) is 6.22. The monoisotopic (exact) mass is 1030 g/mol. The van der Waals surface area contributed by atoms with Gasteiger partial charge in [-0.2, -0.15) is 0 Å². The molecule has 0 aromatic heterocycles. The van der Waals surface area contributed by atoms with Gasteiger partial charge in [-0.25, -0.2) is 4.39 Å². The minimum Gasteiger partial charge on any atom is -0.483 e. The molecule has 4 saturated carbocycles. The van der Waals surface area contributed by atoms with E-state index in [2.05, 4.69) is 31.5 Å². The first-order chi connectivity index (χ1) is 34.6. The van der Waals surface area contributed by atoms with Crippen molar-refractivity contribution >= 4 is 76.1 Å². The third kappa shape index (κ3) is 7.95. The largest absolute Gasteiger partial charge is 0.483 e. The van der Waals surface area contributed by atoms with Crippen LogP contribution in [0.4, 0.5) is 10.1 Å². The third-order valence-corrected chi connectivity index (χ3v) is 17.7. The van der Waals surface area contributed by atoms with E-state index < -0.39 is 81.9 Å². The number of likely N-dealkylation sites (tertiary alicyclic amines) is 1. The van der Waals surface area contributed by atoms with Gasteiger partial charge in [-0.3, -0.25) is 53.5 Å². The lowest BCUT2D eigenvalue weighted by atomic mass is 9.55. The molecule has 16 nitrogen and oxygen atoms in total. The Labute approximate surface area is 426 Å². The maximum absolute atomic E-state index is 16.7. The second kappa shape index (κ2) is 19.2. The Balaban J connectivity index is 0.747. The smallest absolute Gasteiger partial charge is 0.266 e. The summed E-state index contributed by atoms with van der Waals surface area (Å²) in [5, 5.41) is 15.1. The summed E-state index contributed by atoms with van der Waals surface area (Å²) in [5.41, 5.74) is -1.80. The number of anilines is 1. The number of carbonyl (C=O) groups excluding carboxylic acids is 8. The molecule has 8 amide bonds. The van der Waals surface area contributed by atoms with Gasteiger partial charge in [0.25, 0.3) is 17.7 Å². The molecular formula is C53H58Cl2FN7O9. The number of hydrogen-bond donors (Lipinski definition) is 5. The Morgan fingerprint density at radius 3 is 2.25 bits per heavy atom. The maximum Gasteiger partial charge on any atom is 0.266 e. The summed E-state index contributed by atoms with van der Waals surface area (Å²) in [6.07, 6.45) is 8.60. The standard InChI is InChI=1S/C53H58Cl2FN7O9/c1-2-62-43(41(32-11-8-12-34(55)42(32)56)53(52(62)18-4-3-5-19-52)33-15-14-30(54)28-35(33)59-49(53)71)45(67)61-51-23-20-50(21-24-51,22-25-51)48(70)58-27-7-6-26-57-39(65)29-72-37-13-9-10-31-40(37)47(69)63(46(31)68)36-16-17-38(64)60-44(36)66/h8-15,28,36,41,43H,2-7,16-27,29H2,1H3,(H,57,65)(H,58,70)(H,59,71)(H,61,67)(H,60,64,66)/t36?,41-,43+,50?,51?,53+/m0/s1. The number of unbranched alkanes of at least 4 members (excludes halogenated alkanes) is 1. The minimum absolute atomic E-state index is 0.0110. The van der Waals surface area contributed by atoms with E-state index in [0.717, 1.165) is 24.2 Å². The summed E-state index contributed by atoms with van der Waals surface area (Å²) in [5.74, 6) is -5.18. The average Bonchev–Trinajstić information content (AvgIpc) is 3.91. The number of fused-ring (bicyclic) bond motifs is 7. The molecule has 0 radical (unpaired) electrons. The summed E-state index contributed by atoms with van der Waals surface area (Å²) < 4.78 is 22.3. The van der Waals surface area contributed by atoms with Crippen LogP contribution in [0.2, 0.25) is 10.0 Å². The zero-order valence-corrected chi connectivity index (χ0v) is 41.6. The SMILES string of the molecule is CCN1[C@@H](C(=O)NC23CCC(C(=O)NCCCCNC(=O)COc4cccc5c4C(=O)N(C4CCC(=O)NC4=O)C5=O)(CC2)CC3)[C@H](c2cccc(Cl)c2F)[C@]2(C(=O)Nc3cc(Cl)ccc32)C12CCCCC2. The van der Waals surface area contributed by atoms with E-state index in [1.807, 2.05) is 13.0 Å². The third-order valence-electron chi connectivity index (χ3n) is 17.1. The van der Waals surface area contributed by atoms with Gasteiger partial charge in [0.15, 0.2) is 6.61 Å². The lowest BCUT2D eigenvalue weighted by Crippen LogP contribution is -2.63. The van der Waals surface area contributed by atoms with Crippen molar-refractivity contribution in [2.24, 2.45) is 5.41 Å². The molecule has 4 aliphatic carbocycles. The number of nitrogens with zero attached hydrogens (tertiary/aromatic N) is 2. The number of nitrogens with one attached hydrogen (secondary N) is 5. The van der Waals surface area contributed by atoms with Crippen LogP contribution in [-0.2, 0) is 34.2 Å². The molecule has 4 aliphatic heterocycles. The Hall–Kier alpha value is -5.91. The Bertz CT molecular complexity index is 2780. The normalized spacial score (nSPS) is 28.2. The predicted molar refractivity (Wildman–Crippen MR) is 263 cm³/mol. The number of imide groups is 2. The highest BCUT2D eigenvalue weighted by Gasteiger charge is 2.75. The number of amides is 8. The number of rotatable bonds is 14. The van der Waals surface area contributed by atoms with E-state index in [0.29, 0.717) is 100 Å². The van der Waals surface area contributed by atoms with Gasteiger partial charge in [0, 0.05) is 52.6 Å². The van der Waals surface area contributed by atoms with Gasteiger partial charge in [-0.1, -0.05) is 73.7 Å². The molecule has 2 spiro atoms. The van der Waals surface area contributed by atoms with E-state index in [9.17, 15) is 28.8 Å². The zero-order valence-electron chi connectivity index (χ0n) is 40.1. The molecule has 5 N–H and O–H groups in total. The number of hydrogen-bond acceptors (Lipinski definition) is 10. The fourth-order valence-electron chi connectivity index (χ4n) is 13.8. The Morgan fingerprint density at radius 1 is 0.833 bits per heavy atom. The number of halogens is 3. The fraction of sp³-hybridized carbons (Fsp3) is 0.509. The number of likely N-dealkylation sites (N-methyl/N-ethyl adjacent to an activating group) is 1. The minimum atomic E-state index is -1.33. The maximum atomic E-state index is 16.7. The second-order valence-electron chi connectivity index (χ2n) is 20.7. The molecule has 2 bridgehead atoms. The highest BCUT2D eigenvalue weighted by atomic mass is 35.5. The van der Waals surface area contributed by atoms with Crippen molar-refractivity contribution < 1.29 is 47.5 Å². The van der Waals surface area contributed by atoms with Gasteiger partial charge in [0.05, 0.1) is 22.2 Å². The first kappa shape index (κ1) is 49.7. The molecule has 380 valence electrons. The molecule has 72 heavy (non-hydrogen) atoms. The molecule has 6 fully saturated rings. The molecule has 19 heteroatoms. The van der Waals surface area contributed by atoms with Crippen molar-refractivity contribution in [3.63, 3.8) is 0 Å². The van der Waals surface area contributed by atoms with Crippen LogP contribution in [0, 0.1) is 11.2 Å². The molecule has 11 rings (SSSR count). The molecule has 4 atom stereocenters. The molecule has 8 aliphatic rings. The molecule has 3 aromatic rings. The molecule has 2 saturated heterocycles. The van der Waals surface area contributed by atoms with Crippen molar-refractivity contribution in [2.75, 3.05) is 31.6 Å². The Kier molecular flexibility index (Phi) is 13.2. The van der Waals surface area contributed by atoms with Gasteiger partial charge in [0.1, 0.15) is 23.0 Å². The summed E-state index contributed by atoms with van der Waals surface area (Å²) in [7, 11) is 0. The van der Waals surface area contributed by atoms with Crippen molar-refractivity contribution in [1.82, 2.24) is 31.1 Å². The number of carbonyl (C=O) groups is 8. The Morgan fingerprint density at radius 2 is 1.54 bits per heavy atom. The van der Waals surface area contributed by atoms with Crippen LogP contribution in [0.15, 0.2) is 54.6 Å². The summed E-state index contributed by atoms with van der Waals surface area (Å²) >= 11 is 13.0. The molecule has 4 heterocycles. The second-order valence-corrected chi connectivity index (χ2v) is 21.5. The average molecular weight is 1030 g/mol. The first-order valence-corrected chi connectivity index (χ1v) is 26.0. The molecule has 3 aromatic carbocycles. The van der Waals surface area contributed by atoms with Crippen LogP contribution < -0.4 is 31.3 Å². The summed E-state index contributed by atoms with van der Waals surface area (Å²) in [6, 6.07) is 12.6. The van der Waals surface area contributed by atoms with Gasteiger partial charge >= 0.3 is 0 Å². The van der Waals surface area contributed by atoms with Crippen LogP contribution in [0.3, 0.4) is 0 Å². The van der Waals surface area contributed by atoms with Gasteiger partial charge < -0.3 is 26.0 Å². The van der Waals surface area contributed by atoms with Crippen LogP contribution in [0.25, 0.3) is 0 Å². The van der Waals surface area contributed by atoms with Crippen molar-refractivity contribution in [3.05, 3.63) is 92.7 Å². The highest BCUT2D eigenvalue weighted by Crippen LogP contribution is 2.67. The fourth-order valence-corrected chi connectivity index (χ4v) is 14.1. The topological polar surface area (TPSA) is 212 Å². The van der Waals surface area contributed by atoms with E-state index in [1.54, 1.807) is 24.3 Å². The van der Waals surface area contributed by atoms with Crippen LogP contribution >= 0.6 is 23.2 Å². The van der Waals surface area contributed by atoms with Crippen molar-refractivity contribution in [1.29, 1.82) is 0 Å². The molecular weight excluding hydrogens is 969 g/mol. The summed E-state index contributed by atoms with van der Waals surface area (Å²) in [6.45, 7) is 2.72. The number of piperidine rings is 1. The lowest BCUT2D eigenvalue weighted by Gasteiger charge is -2.53. The zero-order chi connectivity index (χ0) is 50.7. The highest BCUT2D eigenvalue weighted by molar-refractivity contribution is 6.31. The van der Waals surface area contributed by atoms with Gasteiger partial charge in [-0.05, 0) is 119 Å². The van der Waals surface area contributed by atoms with Crippen LogP contribution in [-0.4, -0.2) is 106 Å². The van der Waals surface area contributed by atoms with E-state index in [4.69, 9.17) is 27.9 Å². The first-order valence-electron chi connectivity index (χ1n) is 25.3. The lowest BCUT2D eigenvalue weighted by molar-refractivity contribution is -0.141. The van der Waals surface area contributed by atoms with Gasteiger partial charge in [0.2, 0.25) is 29.5 Å². The van der Waals surface area contributed by atoms with Gasteiger partial charge in [-0.15, -0.1) is 0 Å².